The van der Waals surface area contributed by atoms with E-state index < -0.39 is 5.97 Å². The monoisotopic (exact) mass is 504 g/mol. The van der Waals surface area contributed by atoms with Gasteiger partial charge >= 0.3 is 5.97 Å². The number of carbonyl (C=O) groups is 1. The predicted octanol–water partition coefficient (Wildman–Crippen LogP) is 6.53. The lowest BCUT2D eigenvalue weighted by Gasteiger charge is -2.13. The molecular weight excluding hydrogens is 472 g/mol. The van der Waals surface area contributed by atoms with Crippen molar-refractivity contribution in [1.29, 1.82) is 0 Å². The number of aryl methyl sites for hydroxylation is 3. The highest BCUT2D eigenvalue weighted by Crippen LogP contribution is 2.35. The molecule has 0 aliphatic heterocycles. The number of nitrogens with zero attached hydrogens (tertiary/aromatic N) is 2. The van der Waals surface area contributed by atoms with Crippen molar-refractivity contribution in [3.05, 3.63) is 64.8 Å². The fourth-order valence-corrected chi connectivity index (χ4v) is 5.92. The molecule has 0 fully saturated rings. The minimum Gasteiger partial charge on any atom is -0.493 e. The molecule has 0 spiro atoms. The van der Waals surface area contributed by atoms with Crippen LogP contribution in [0.2, 0.25) is 0 Å². The molecule has 0 atom stereocenters. The maximum atomic E-state index is 11.0. The number of carboxylic acid groups (broad SMARTS) is 1. The first-order valence-electron chi connectivity index (χ1n) is 12.8. The van der Waals surface area contributed by atoms with Crippen molar-refractivity contribution in [2.45, 2.75) is 58.4 Å². The maximum absolute atomic E-state index is 11.0. The molecule has 7 heteroatoms. The molecule has 188 valence electrons. The van der Waals surface area contributed by atoms with Gasteiger partial charge in [0.1, 0.15) is 23.1 Å². The number of ether oxygens (including phenoxy) is 2. The number of aromatic nitrogens is 2. The summed E-state index contributed by atoms with van der Waals surface area (Å²) in [5.41, 5.74) is 4.62. The second-order valence-corrected chi connectivity index (χ2v) is 10.4. The zero-order valence-corrected chi connectivity index (χ0v) is 21.5. The second-order valence-electron chi connectivity index (χ2n) is 9.28. The first-order valence-corrected chi connectivity index (χ1v) is 13.6. The van der Waals surface area contributed by atoms with E-state index in [0.717, 1.165) is 53.1 Å². The highest BCUT2D eigenvalue weighted by molar-refractivity contribution is 7.15. The zero-order valence-electron chi connectivity index (χ0n) is 20.7. The number of hydrogen-bond donors (Lipinski definition) is 1. The van der Waals surface area contributed by atoms with Crippen LogP contribution < -0.4 is 9.47 Å². The number of thiazole rings is 1. The van der Waals surface area contributed by atoms with Crippen molar-refractivity contribution in [3.63, 3.8) is 0 Å². The lowest BCUT2D eigenvalue weighted by molar-refractivity contribution is -0.137. The summed E-state index contributed by atoms with van der Waals surface area (Å²) in [5, 5.41) is 11.1. The van der Waals surface area contributed by atoms with Crippen LogP contribution in [-0.2, 0) is 30.6 Å². The average molecular weight is 505 g/mol. The first-order chi connectivity index (χ1) is 17.6. The van der Waals surface area contributed by atoms with E-state index in [0.29, 0.717) is 13.2 Å². The topological polar surface area (TPSA) is 73.6 Å². The lowest BCUT2D eigenvalue weighted by atomic mass is 10.0. The lowest BCUT2D eigenvalue weighted by Crippen LogP contribution is -2.07. The van der Waals surface area contributed by atoms with Gasteiger partial charge in [-0.1, -0.05) is 13.3 Å². The van der Waals surface area contributed by atoms with Gasteiger partial charge in [-0.25, -0.2) is 4.98 Å². The molecule has 1 N–H and O–H groups in total. The third kappa shape index (κ3) is 5.57. The highest BCUT2D eigenvalue weighted by Gasteiger charge is 2.17. The summed E-state index contributed by atoms with van der Waals surface area (Å²) >= 11 is 1.85. The second kappa shape index (κ2) is 11.2. The van der Waals surface area contributed by atoms with Crippen LogP contribution in [0.25, 0.3) is 21.5 Å². The molecule has 36 heavy (non-hydrogen) atoms. The van der Waals surface area contributed by atoms with Crippen molar-refractivity contribution in [2.75, 3.05) is 13.2 Å². The Morgan fingerprint density at radius 3 is 2.78 bits per heavy atom. The van der Waals surface area contributed by atoms with E-state index in [1.165, 1.54) is 41.0 Å². The van der Waals surface area contributed by atoms with Gasteiger partial charge in [-0.05, 0) is 80.1 Å². The summed E-state index contributed by atoms with van der Waals surface area (Å²) < 4.78 is 13.8. The van der Waals surface area contributed by atoms with Gasteiger partial charge in [-0.2, -0.15) is 0 Å². The van der Waals surface area contributed by atoms with Crippen molar-refractivity contribution in [3.8, 4) is 22.1 Å². The van der Waals surface area contributed by atoms with Gasteiger partial charge in [0, 0.05) is 34.0 Å². The zero-order chi connectivity index (χ0) is 24.9. The smallest absolute Gasteiger partial charge is 0.323 e. The van der Waals surface area contributed by atoms with E-state index in [9.17, 15) is 4.79 Å². The summed E-state index contributed by atoms with van der Waals surface area (Å²) in [6.45, 7) is 3.28. The van der Waals surface area contributed by atoms with Crippen molar-refractivity contribution in [1.82, 2.24) is 9.55 Å². The summed E-state index contributed by atoms with van der Waals surface area (Å²) in [6, 6.07) is 14.1. The fourth-order valence-electron chi connectivity index (χ4n) is 4.78. The molecule has 2 aromatic heterocycles. The van der Waals surface area contributed by atoms with Gasteiger partial charge in [0.25, 0.3) is 0 Å². The van der Waals surface area contributed by atoms with E-state index in [1.807, 2.05) is 35.6 Å². The Morgan fingerprint density at radius 1 is 1.08 bits per heavy atom. The Balaban J connectivity index is 1.16. The van der Waals surface area contributed by atoms with Crippen LogP contribution in [0.3, 0.4) is 0 Å². The molecule has 0 unspecified atom stereocenters. The molecule has 1 aliphatic carbocycles. The molecule has 4 aromatic rings. The highest BCUT2D eigenvalue weighted by atomic mass is 32.1. The number of benzene rings is 2. The normalized spacial score (nSPS) is 13.0. The molecule has 6 nitrogen and oxygen atoms in total. The number of aliphatic carboxylic acids is 1. The summed E-state index contributed by atoms with van der Waals surface area (Å²) in [7, 11) is 0. The van der Waals surface area contributed by atoms with Gasteiger partial charge in [-0.3, -0.25) is 4.79 Å². The molecule has 5 rings (SSSR count). The van der Waals surface area contributed by atoms with Gasteiger partial charge in [0.2, 0.25) is 0 Å². The number of rotatable bonds is 11. The van der Waals surface area contributed by atoms with Gasteiger partial charge < -0.3 is 19.1 Å². The molecule has 2 aromatic carbocycles. The molecule has 0 amide bonds. The molecular formula is C29H32N2O4S. The van der Waals surface area contributed by atoms with Gasteiger partial charge in [-0.15, -0.1) is 11.3 Å². The Bertz CT molecular complexity index is 1330. The van der Waals surface area contributed by atoms with Crippen molar-refractivity contribution >= 4 is 28.2 Å². The Morgan fingerprint density at radius 2 is 1.94 bits per heavy atom. The van der Waals surface area contributed by atoms with E-state index in [1.54, 1.807) is 10.8 Å². The number of fused-ring (bicyclic) bond motifs is 2. The molecule has 0 saturated heterocycles. The Hall–Kier alpha value is -3.32. The van der Waals surface area contributed by atoms with E-state index in [2.05, 4.69) is 25.1 Å². The molecule has 0 saturated carbocycles. The van der Waals surface area contributed by atoms with Crippen LogP contribution in [0.15, 0.2) is 48.7 Å². The fraction of sp³-hybridized carbons (Fsp3) is 0.379. The third-order valence-corrected chi connectivity index (χ3v) is 7.74. The largest absolute Gasteiger partial charge is 0.493 e. The molecule has 0 radical (unpaired) electrons. The Kier molecular flexibility index (Phi) is 7.56. The van der Waals surface area contributed by atoms with Gasteiger partial charge in [0.15, 0.2) is 0 Å². The number of carboxylic acids is 1. The third-order valence-electron chi connectivity index (χ3n) is 6.54. The van der Waals surface area contributed by atoms with Crippen LogP contribution in [-0.4, -0.2) is 33.8 Å². The minimum absolute atomic E-state index is 0.0477. The standard InChI is InChI=1S/C29H32N2O4S/c1-2-6-21-17-22(29-30-24-7-3-4-8-27(24)36-29)9-12-26(21)35-16-5-15-34-23-10-11-25-20(18-23)13-14-31(25)19-28(32)33/h9-14,17-18H,2-8,15-16,19H2,1H3,(H,32,33). The molecule has 1 aliphatic rings. The minimum atomic E-state index is -0.855. The van der Waals surface area contributed by atoms with Crippen LogP contribution in [0.5, 0.6) is 11.5 Å². The summed E-state index contributed by atoms with van der Waals surface area (Å²) in [5.74, 6) is 0.868. The van der Waals surface area contributed by atoms with Crippen molar-refractivity contribution in [2.24, 2.45) is 0 Å². The van der Waals surface area contributed by atoms with Gasteiger partial charge in [0.05, 0.1) is 18.9 Å². The van der Waals surface area contributed by atoms with Crippen molar-refractivity contribution < 1.29 is 19.4 Å². The first kappa shape index (κ1) is 24.4. The predicted molar refractivity (Wildman–Crippen MR) is 143 cm³/mol. The van der Waals surface area contributed by atoms with Crippen LogP contribution in [0.4, 0.5) is 0 Å². The van der Waals surface area contributed by atoms with Crippen LogP contribution in [0.1, 0.15) is 48.7 Å². The van der Waals surface area contributed by atoms with E-state index in [-0.39, 0.29) is 6.54 Å². The number of hydrogen-bond acceptors (Lipinski definition) is 5. The Labute approximate surface area is 215 Å². The van der Waals surface area contributed by atoms with E-state index >= 15 is 0 Å². The quantitative estimate of drug-likeness (QED) is 0.235. The average Bonchev–Trinajstić information content (AvgIpc) is 3.48. The van der Waals surface area contributed by atoms with E-state index in [4.69, 9.17) is 19.6 Å². The SMILES string of the molecule is CCCc1cc(-c2nc3c(s2)CCCC3)ccc1OCCCOc1ccc2c(ccn2CC(=O)O)c1. The van der Waals surface area contributed by atoms with Crippen LogP contribution >= 0.6 is 11.3 Å². The summed E-state index contributed by atoms with van der Waals surface area (Å²) in [6.07, 6.45) is 9.42. The molecule has 0 bridgehead atoms. The summed E-state index contributed by atoms with van der Waals surface area (Å²) in [4.78, 5) is 17.4. The van der Waals surface area contributed by atoms with Crippen LogP contribution in [0, 0.1) is 0 Å². The maximum Gasteiger partial charge on any atom is 0.323 e. The molecule has 2 heterocycles.